The summed E-state index contributed by atoms with van der Waals surface area (Å²) < 4.78 is 5.31. The van der Waals surface area contributed by atoms with Crippen LogP contribution in [0.25, 0.3) is 0 Å². The fourth-order valence-corrected chi connectivity index (χ4v) is 5.40. The molecule has 3 fully saturated rings. The summed E-state index contributed by atoms with van der Waals surface area (Å²) in [6.45, 7) is 3.20. The van der Waals surface area contributed by atoms with Crippen molar-refractivity contribution >= 4 is 17.3 Å². The molecule has 1 aliphatic heterocycles. The van der Waals surface area contributed by atoms with Crippen molar-refractivity contribution in [2.45, 2.75) is 50.6 Å². The molecule has 1 heterocycles. The zero-order chi connectivity index (χ0) is 17.9. The van der Waals surface area contributed by atoms with Crippen molar-refractivity contribution in [2.75, 3.05) is 26.7 Å². The van der Waals surface area contributed by atoms with E-state index in [4.69, 9.17) is 17.0 Å². The molecule has 0 amide bonds. The molecule has 1 saturated heterocycles. The summed E-state index contributed by atoms with van der Waals surface area (Å²) >= 11 is 5.63. The summed E-state index contributed by atoms with van der Waals surface area (Å²) in [5, 5.41) is 7.96. The molecule has 1 aromatic carbocycles. The molecule has 0 unspecified atom stereocenters. The first kappa shape index (κ1) is 18.1. The monoisotopic (exact) mass is 373 g/mol. The second-order valence-electron chi connectivity index (χ2n) is 8.17. The van der Waals surface area contributed by atoms with E-state index in [1.165, 1.54) is 57.2 Å². The van der Waals surface area contributed by atoms with Crippen LogP contribution in [0.4, 0.5) is 0 Å². The van der Waals surface area contributed by atoms with E-state index in [0.29, 0.717) is 12.1 Å². The van der Waals surface area contributed by atoms with Gasteiger partial charge in [0.1, 0.15) is 5.75 Å². The maximum atomic E-state index is 5.63. The molecular weight excluding hydrogens is 342 g/mol. The highest BCUT2D eigenvalue weighted by Gasteiger charge is 2.39. The molecule has 142 valence electrons. The Bertz CT molecular complexity index is 614. The van der Waals surface area contributed by atoms with Gasteiger partial charge in [0, 0.05) is 12.6 Å². The minimum absolute atomic E-state index is 0.364. The standard InChI is InChI=1S/C21H31N3OS/c1-25-18-8-6-16(7-9-18)20(24-10-2-3-11-24)14-22-21(26)23-19-13-15-4-5-17(19)12-15/h6-9,15,17,19-20H,2-5,10-14H2,1H3,(H2,22,23,26)/t15-,17-,19-,20-/m1/s1. The first-order chi connectivity index (χ1) is 12.7. The zero-order valence-corrected chi connectivity index (χ0v) is 16.6. The summed E-state index contributed by atoms with van der Waals surface area (Å²) in [5.74, 6) is 2.70. The van der Waals surface area contributed by atoms with Gasteiger partial charge < -0.3 is 15.4 Å². The number of benzene rings is 1. The average Bonchev–Trinajstić information content (AvgIpc) is 3.41. The lowest BCUT2D eigenvalue weighted by atomic mass is 9.95. The predicted molar refractivity (Wildman–Crippen MR) is 110 cm³/mol. The molecule has 4 atom stereocenters. The van der Waals surface area contributed by atoms with Crippen LogP contribution in [0, 0.1) is 11.8 Å². The van der Waals surface area contributed by atoms with Gasteiger partial charge in [0.25, 0.3) is 0 Å². The van der Waals surface area contributed by atoms with Crippen molar-refractivity contribution in [2.24, 2.45) is 11.8 Å². The Balaban J connectivity index is 1.35. The third-order valence-corrected chi connectivity index (χ3v) is 6.85. The smallest absolute Gasteiger partial charge is 0.166 e. The zero-order valence-electron chi connectivity index (χ0n) is 15.7. The summed E-state index contributed by atoms with van der Waals surface area (Å²) in [4.78, 5) is 2.58. The Morgan fingerprint density at radius 3 is 2.58 bits per heavy atom. The molecule has 5 heteroatoms. The van der Waals surface area contributed by atoms with Crippen LogP contribution >= 0.6 is 12.2 Å². The molecule has 0 radical (unpaired) electrons. The van der Waals surface area contributed by atoms with Gasteiger partial charge in [0.05, 0.1) is 13.2 Å². The van der Waals surface area contributed by atoms with Gasteiger partial charge >= 0.3 is 0 Å². The molecule has 3 aliphatic rings. The normalized spacial score (nSPS) is 28.9. The van der Waals surface area contributed by atoms with Crippen molar-refractivity contribution < 1.29 is 4.74 Å². The highest BCUT2D eigenvalue weighted by molar-refractivity contribution is 7.80. The van der Waals surface area contributed by atoms with Crippen LogP contribution in [0.3, 0.4) is 0 Å². The first-order valence-electron chi connectivity index (χ1n) is 10.2. The van der Waals surface area contributed by atoms with E-state index in [1.807, 2.05) is 0 Å². The second kappa shape index (κ2) is 8.13. The molecule has 4 rings (SSSR count). The Labute approximate surface area is 162 Å². The molecule has 2 bridgehead atoms. The highest BCUT2D eigenvalue weighted by atomic mass is 32.1. The van der Waals surface area contributed by atoms with Gasteiger partial charge in [-0.05, 0) is 86.9 Å². The summed E-state index contributed by atoms with van der Waals surface area (Å²) in [5.41, 5.74) is 1.34. The SMILES string of the molecule is COc1ccc([C@@H](CNC(=S)N[C@@H]2C[C@@H]3CC[C@@H]2C3)N2CCCC2)cc1. The first-order valence-corrected chi connectivity index (χ1v) is 10.6. The predicted octanol–water partition coefficient (Wildman–Crippen LogP) is 3.48. The number of rotatable bonds is 6. The van der Waals surface area contributed by atoms with Crippen LogP contribution in [0.2, 0.25) is 0 Å². The molecule has 4 nitrogen and oxygen atoms in total. The number of thiocarbonyl (C=S) groups is 1. The van der Waals surface area contributed by atoms with E-state index in [-0.39, 0.29) is 0 Å². The lowest BCUT2D eigenvalue weighted by Crippen LogP contribution is -2.46. The van der Waals surface area contributed by atoms with Crippen molar-refractivity contribution in [3.63, 3.8) is 0 Å². The van der Waals surface area contributed by atoms with E-state index in [0.717, 1.165) is 29.2 Å². The number of ether oxygens (including phenoxy) is 1. The molecule has 2 aliphatic carbocycles. The second-order valence-corrected chi connectivity index (χ2v) is 8.58. The van der Waals surface area contributed by atoms with Crippen molar-refractivity contribution in [3.8, 4) is 5.75 Å². The van der Waals surface area contributed by atoms with Crippen molar-refractivity contribution in [1.29, 1.82) is 0 Å². The third-order valence-electron chi connectivity index (χ3n) is 6.59. The van der Waals surface area contributed by atoms with E-state index >= 15 is 0 Å². The van der Waals surface area contributed by atoms with Crippen LogP contribution in [-0.2, 0) is 0 Å². The molecule has 26 heavy (non-hydrogen) atoms. The Kier molecular flexibility index (Phi) is 5.65. The number of nitrogens with one attached hydrogen (secondary N) is 2. The highest BCUT2D eigenvalue weighted by Crippen LogP contribution is 2.44. The fraction of sp³-hybridized carbons (Fsp3) is 0.667. The van der Waals surface area contributed by atoms with E-state index in [1.54, 1.807) is 7.11 Å². The summed E-state index contributed by atoms with van der Waals surface area (Å²) in [7, 11) is 1.72. The maximum Gasteiger partial charge on any atom is 0.166 e. The lowest BCUT2D eigenvalue weighted by molar-refractivity contribution is 0.245. The third kappa shape index (κ3) is 3.99. The van der Waals surface area contributed by atoms with E-state index in [9.17, 15) is 0 Å². The molecular formula is C21H31N3OS. The van der Waals surface area contributed by atoms with Crippen LogP contribution < -0.4 is 15.4 Å². The molecule has 0 spiro atoms. The number of nitrogens with zero attached hydrogens (tertiary/aromatic N) is 1. The maximum absolute atomic E-state index is 5.63. The number of hydrogen-bond donors (Lipinski definition) is 2. The van der Waals surface area contributed by atoms with Gasteiger partial charge in [-0.2, -0.15) is 0 Å². The number of fused-ring (bicyclic) bond motifs is 2. The van der Waals surface area contributed by atoms with E-state index in [2.05, 4.69) is 39.8 Å². The summed E-state index contributed by atoms with van der Waals surface area (Å²) in [6.07, 6.45) is 8.11. The van der Waals surface area contributed by atoms with Gasteiger partial charge in [-0.3, -0.25) is 4.90 Å². The summed E-state index contributed by atoms with van der Waals surface area (Å²) in [6, 6.07) is 9.46. The number of methoxy groups -OCH3 is 1. The average molecular weight is 374 g/mol. The van der Waals surface area contributed by atoms with Crippen molar-refractivity contribution in [1.82, 2.24) is 15.5 Å². The van der Waals surface area contributed by atoms with Gasteiger partial charge in [-0.1, -0.05) is 18.6 Å². The van der Waals surface area contributed by atoms with Gasteiger partial charge in [0.15, 0.2) is 5.11 Å². The van der Waals surface area contributed by atoms with Crippen molar-refractivity contribution in [3.05, 3.63) is 29.8 Å². The Morgan fingerprint density at radius 1 is 1.19 bits per heavy atom. The fourth-order valence-electron chi connectivity index (χ4n) is 5.17. The van der Waals surface area contributed by atoms with Gasteiger partial charge in [-0.25, -0.2) is 0 Å². The van der Waals surface area contributed by atoms with Crippen LogP contribution in [0.5, 0.6) is 5.75 Å². The Morgan fingerprint density at radius 2 is 1.96 bits per heavy atom. The largest absolute Gasteiger partial charge is 0.497 e. The minimum atomic E-state index is 0.364. The Hall–Kier alpha value is -1.33. The van der Waals surface area contributed by atoms with Gasteiger partial charge in [-0.15, -0.1) is 0 Å². The quantitative estimate of drug-likeness (QED) is 0.747. The van der Waals surface area contributed by atoms with Crippen LogP contribution in [0.1, 0.15) is 50.1 Å². The van der Waals surface area contributed by atoms with E-state index < -0.39 is 0 Å². The molecule has 2 N–H and O–H groups in total. The lowest BCUT2D eigenvalue weighted by Gasteiger charge is -2.30. The minimum Gasteiger partial charge on any atom is -0.497 e. The van der Waals surface area contributed by atoms with Crippen LogP contribution in [0.15, 0.2) is 24.3 Å². The molecule has 0 aromatic heterocycles. The molecule has 1 aromatic rings. The number of likely N-dealkylation sites (tertiary alicyclic amines) is 1. The van der Waals surface area contributed by atoms with Crippen LogP contribution in [-0.4, -0.2) is 42.8 Å². The molecule has 2 saturated carbocycles. The number of hydrogen-bond acceptors (Lipinski definition) is 3. The topological polar surface area (TPSA) is 36.5 Å². The van der Waals surface area contributed by atoms with Gasteiger partial charge in [0.2, 0.25) is 0 Å².